The number of aromatic nitrogens is 1. The summed E-state index contributed by atoms with van der Waals surface area (Å²) >= 11 is 7.39. The van der Waals surface area contributed by atoms with Gasteiger partial charge < -0.3 is 5.11 Å². The molecule has 1 N–H and O–H groups in total. The summed E-state index contributed by atoms with van der Waals surface area (Å²) in [6, 6.07) is 20.8. The van der Waals surface area contributed by atoms with Crippen LogP contribution < -0.4 is 4.90 Å². The number of aliphatic hydroxyl groups excluding tert-OH is 1. The summed E-state index contributed by atoms with van der Waals surface area (Å²) < 4.78 is 0.806. The minimum atomic E-state index is -0.799. The lowest BCUT2D eigenvalue weighted by molar-refractivity contribution is -0.132. The topological polar surface area (TPSA) is 70.5 Å². The number of carbonyl (C=O) groups is 2. The lowest BCUT2D eigenvalue weighted by Gasteiger charge is -2.23. The second-order valence-corrected chi connectivity index (χ2v) is 9.00. The lowest BCUT2D eigenvalue weighted by Crippen LogP contribution is -2.29. The summed E-state index contributed by atoms with van der Waals surface area (Å²) in [5.74, 6) is -1.67. The van der Waals surface area contributed by atoms with E-state index in [1.54, 1.807) is 42.5 Å². The standard InChI is InChI=1S/C25H17ClN2O3S/c1-14-7-9-15(10-8-14)21-20(22(29)16-5-3-2-4-6-16)23(30)24(31)28(21)25-27-18-12-11-17(26)13-19(18)32-25/h2-13,21,29H,1H3. The Kier molecular flexibility index (Phi) is 5.04. The molecule has 1 aliphatic rings. The van der Waals surface area contributed by atoms with E-state index in [0.29, 0.717) is 26.8 Å². The summed E-state index contributed by atoms with van der Waals surface area (Å²) in [4.78, 5) is 32.4. The smallest absolute Gasteiger partial charge is 0.301 e. The van der Waals surface area contributed by atoms with Gasteiger partial charge in [0.05, 0.1) is 21.8 Å². The third kappa shape index (κ3) is 3.38. The first-order chi connectivity index (χ1) is 15.4. The van der Waals surface area contributed by atoms with Gasteiger partial charge in [-0.25, -0.2) is 4.98 Å². The molecule has 0 aliphatic carbocycles. The molecule has 0 saturated carbocycles. The van der Waals surface area contributed by atoms with Gasteiger partial charge in [0.2, 0.25) is 0 Å². The van der Waals surface area contributed by atoms with Crippen LogP contribution in [0.25, 0.3) is 16.0 Å². The molecule has 2 heterocycles. The zero-order valence-corrected chi connectivity index (χ0v) is 18.5. The molecule has 1 aromatic heterocycles. The molecule has 1 fully saturated rings. The zero-order chi connectivity index (χ0) is 22.4. The Bertz CT molecular complexity index is 1390. The number of amides is 1. The van der Waals surface area contributed by atoms with E-state index in [0.717, 1.165) is 10.3 Å². The Labute approximate surface area is 193 Å². The van der Waals surface area contributed by atoms with Crippen LogP contribution in [0.15, 0.2) is 78.4 Å². The molecule has 7 heteroatoms. The van der Waals surface area contributed by atoms with Gasteiger partial charge in [0.1, 0.15) is 5.76 Å². The van der Waals surface area contributed by atoms with Gasteiger partial charge in [-0.3, -0.25) is 14.5 Å². The average molecular weight is 461 g/mol. The van der Waals surface area contributed by atoms with Crippen LogP contribution in [0.1, 0.15) is 22.7 Å². The molecule has 1 aliphatic heterocycles. The number of hydrogen-bond acceptors (Lipinski definition) is 5. The van der Waals surface area contributed by atoms with Crippen molar-refractivity contribution in [1.82, 2.24) is 4.98 Å². The maximum absolute atomic E-state index is 13.2. The molecule has 0 radical (unpaired) electrons. The molecular formula is C25H17ClN2O3S. The van der Waals surface area contributed by atoms with Gasteiger partial charge in [0.25, 0.3) is 5.78 Å². The van der Waals surface area contributed by atoms with Crippen molar-refractivity contribution in [3.63, 3.8) is 0 Å². The number of hydrogen-bond donors (Lipinski definition) is 1. The number of carbonyl (C=O) groups excluding carboxylic acids is 2. The molecule has 1 saturated heterocycles. The number of halogens is 1. The number of rotatable bonds is 3. The van der Waals surface area contributed by atoms with Crippen molar-refractivity contribution in [2.24, 2.45) is 0 Å². The third-order valence-corrected chi connectivity index (χ3v) is 6.68. The zero-order valence-electron chi connectivity index (χ0n) is 16.9. The van der Waals surface area contributed by atoms with E-state index in [9.17, 15) is 14.7 Å². The van der Waals surface area contributed by atoms with Crippen molar-refractivity contribution >= 4 is 55.7 Å². The molecule has 1 atom stereocenters. The maximum atomic E-state index is 13.2. The van der Waals surface area contributed by atoms with Crippen LogP contribution in [0.5, 0.6) is 0 Å². The third-order valence-electron chi connectivity index (χ3n) is 5.43. The highest BCUT2D eigenvalue weighted by atomic mass is 35.5. The van der Waals surface area contributed by atoms with Crippen LogP contribution in [-0.2, 0) is 9.59 Å². The van der Waals surface area contributed by atoms with Crippen molar-refractivity contribution in [2.75, 3.05) is 4.90 Å². The van der Waals surface area contributed by atoms with Gasteiger partial charge in [0.15, 0.2) is 5.13 Å². The van der Waals surface area contributed by atoms with Crippen LogP contribution in [0.4, 0.5) is 5.13 Å². The number of benzene rings is 3. The summed E-state index contributed by atoms with van der Waals surface area (Å²) in [6.07, 6.45) is 0. The van der Waals surface area contributed by atoms with Gasteiger partial charge in [-0.2, -0.15) is 0 Å². The maximum Gasteiger partial charge on any atom is 0.301 e. The average Bonchev–Trinajstić information content (AvgIpc) is 3.32. The van der Waals surface area contributed by atoms with Crippen molar-refractivity contribution in [1.29, 1.82) is 0 Å². The van der Waals surface area contributed by atoms with Gasteiger partial charge in [-0.15, -0.1) is 0 Å². The van der Waals surface area contributed by atoms with Crippen molar-refractivity contribution < 1.29 is 14.7 Å². The summed E-state index contributed by atoms with van der Waals surface area (Å²) in [5, 5.41) is 12.0. The Morgan fingerprint density at radius 3 is 2.47 bits per heavy atom. The number of aliphatic hydroxyl groups is 1. The molecule has 3 aromatic carbocycles. The fraction of sp³-hybridized carbons (Fsp3) is 0.0800. The van der Waals surface area contributed by atoms with E-state index in [2.05, 4.69) is 4.98 Å². The number of fused-ring (bicyclic) bond motifs is 1. The van der Waals surface area contributed by atoms with Gasteiger partial charge >= 0.3 is 5.91 Å². The van der Waals surface area contributed by atoms with Crippen LogP contribution >= 0.6 is 22.9 Å². The first-order valence-electron chi connectivity index (χ1n) is 9.93. The Hall–Kier alpha value is -3.48. The van der Waals surface area contributed by atoms with Crippen LogP contribution in [0, 0.1) is 6.92 Å². The first kappa shape index (κ1) is 20.4. The van der Waals surface area contributed by atoms with Crippen LogP contribution in [0.3, 0.4) is 0 Å². The van der Waals surface area contributed by atoms with Crippen LogP contribution in [-0.4, -0.2) is 21.8 Å². The molecule has 4 aromatic rings. The SMILES string of the molecule is Cc1ccc(C2C(=C(O)c3ccccc3)C(=O)C(=O)N2c2nc3ccc(Cl)cc3s2)cc1. The minimum absolute atomic E-state index is 0.0438. The highest BCUT2D eigenvalue weighted by Crippen LogP contribution is 2.44. The summed E-state index contributed by atoms with van der Waals surface area (Å²) in [6.45, 7) is 1.96. The van der Waals surface area contributed by atoms with E-state index in [4.69, 9.17) is 11.6 Å². The minimum Gasteiger partial charge on any atom is -0.507 e. The summed E-state index contributed by atoms with van der Waals surface area (Å²) in [5.41, 5.74) is 2.95. The molecule has 1 amide bonds. The molecule has 5 rings (SSSR count). The molecule has 1 unspecified atom stereocenters. The fourth-order valence-electron chi connectivity index (χ4n) is 3.83. The highest BCUT2D eigenvalue weighted by molar-refractivity contribution is 7.22. The van der Waals surface area contributed by atoms with Crippen molar-refractivity contribution in [2.45, 2.75) is 13.0 Å². The van der Waals surface area contributed by atoms with Crippen LogP contribution in [0.2, 0.25) is 5.02 Å². The number of thiazole rings is 1. The summed E-state index contributed by atoms with van der Waals surface area (Å²) in [7, 11) is 0. The van der Waals surface area contributed by atoms with Crippen molar-refractivity contribution in [3.05, 3.63) is 100 Å². The largest absolute Gasteiger partial charge is 0.507 e. The predicted molar refractivity (Wildman–Crippen MR) is 127 cm³/mol. The molecule has 0 bridgehead atoms. The van der Waals surface area contributed by atoms with E-state index in [-0.39, 0.29) is 11.3 Å². The number of anilines is 1. The highest BCUT2D eigenvalue weighted by Gasteiger charge is 2.48. The molecule has 158 valence electrons. The molecule has 0 spiro atoms. The second-order valence-electron chi connectivity index (χ2n) is 7.55. The van der Waals surface area contributed by atoms with E-state index < -0.39 is 17.7 Å². The predicted octanol–water partition coefficient (Wildman–Crippen LogP) is 5.88. The number of aryl methyl sites for hydroxylation is 1. The Balaban J connectivity index is 1.73. The van der Waals surface area contributed by atoms with E-state index in [1.807, 2.05) is 37.3 Å². The van der Waals surface area contributed by atoms with E-state index in [1.165, 1.54) is 16.2 Å². The molecule has 32 heavy (non-hydrogen) atoms. The molecule has 5 nitrogen and oxygen atoms in total. The van der Waals surface area contributed by atoms with Gasteiger partial charge in [-0.1, -0.05) is 83.1 Å². The van der Waals surface area contributed by atoms with Gasteiger partial charge in [-0.05, 0) is 30.7 Å². The van der Waals surface area contributed by atoms with Gasteiger partial charge in [0, 0.05) is 10.6 Å². The number of ketones is 1. The Morgan fingerprint density at radius 1 is 1.03 bits per heavy atom. The normalized spacial score (nSPS) is 17.9. The lowest BCUT2D eigenvalue weighted by atomic mass is 9.95. The Morgan fingerprint density at radius 2 is 1.75 bits per heavy atom. The van der Waals surface area contributed by atoms with E-state index >= 15 is 0 Å². The number of Topliss-reactive ketones (excluding diaryl/α,β-unsaturated/α-hetero) is 1. The first-order valence-corrected chi connectivity index (χ1v) is 11.1. The second kappa shape index (κ2) is 7.89. The fourth-order valence-corrected chi connectivity index (χ4v) is 5.10. The molecular weight excluding hydrogens is 444 g/mol. The monoisotopic (exact) mass is 460 g/mol. The van der Waals surface area contributed by atoms with Crippen molar-refractivity contribution in [3.8, 4) is 0 Å². The quantitative estimate of drug-likeness (QED) is 0.235. The number of nitrogens with zero attached hydrogens (tertiary/aromatic N) is 2.